The molecule has 0 radical (unpaired) electrons. The van der Waals surface area contributed by atoms with Crippen LogP contribution in [0.3, 0.4) is 0 Å². The number of amides is 2. The number of alkyl halides is 3. The number of halogens is 4. The smallest absolute Gasteiger partial charge is 0.383 e. The van der Waals surface area contributed by atoms with E-state index in [9.17, 15) is 40.7 Å². The van der Waals surface area contributed by atoms with Crippen molar-refractivity contribution in [2.24, 2.45) is 0 Å². The minimum atomic E-state index is -4.88. The van der Waals surface area contributed by atoms with Crippen LogP contribution < -0.4 is 21.3 Å². The van der Waals surface area contributed by atoms with Crippen molar-refractivity contribution < 1.29 is 45.4 Å². The highest BCUT2D eigenvalue weighted by molar-refractivity contribution is 7.91. The van der Waals surface area contributed by atoms with Gasteiger partial charge >= 0.3 is 6.18 Å². The number of hydrogen-bond donors (Lipinski definition) is 6. The maximum Gasteiger partial charge on any atom is 0.417 e. The second-order valence-electron chi connectivity index (χ2n) is 13.7. The van der Waals surface area contributed by atoms with Crippen molar-refractivity contribution in [2.75, 3.05) is 49.2 Å². The largest absolute Gasteiger partial charge is 0.417 e. The number of aromatic nitrogens is 1. The molecular weight excluding hydrogens is 769 g/mol. The first-order chi connectivity index (χ1) is 27.1. The van der Waals surface area contributed by atoms with Gasteiger partial charge in [0.05, 0.1) is 46.6 Å². The van der Waals surface area contributed by atoms with E-state index in [1.165, 1.54) is 42.5 Å². The molecule has 1 aliphatic heterocycles. The van der Waals surface area contributed by atoms with E-state index >= 15 is 0 Å². The summed E-state index contributed by atoms with van der Waals surface area (Å²) in [6.45, 7) is 3.79. The fraction of sp³-hybridized carbons (Fsp3) is 0.275. The molecule has 17 heteroatoms. The van der Waals surface area contributed by atoms with Gasteiger partial charge in [0.15, 0.2) is 15.4 Å². The van der Waals surface area contributed by atoms with Crippen LogP contribution in [0, 0.1) is 17.1 Å². The molecule has 57 heavy (non-hydrogen) atoms. The van der Waals surface area contributed by atoms with Gasteiger partial charge in [-0.2, -0.15) is 18.4 Å². The van der Waals surface area contributed by atoms with E-state index in [4.69, 9.17) is 10.00 Å². The Morgan fingerprint density at radius 3 is 2.39 bits per heavy atom. The lowest BCUT2D eigenvalue weighted by molar-refractivity contribution is -0.137. The van der Waals surface area contributed by atoms with Gasteiger partial charge in [0.2, 0.25) is 0 Å². The molecule has 2 amide bonds. The number of hydrogen-bond acceptors (Lipinski definition) is 9. The zero-order valence-electron chi connectivity index (χ0n) is 30.5. The number of anilines is 2. The average molecular weight is 807 g/mol. The van der Waals surface area contributed by atoms with Crippen LogP contribution in [0.5, 0.6) is 0 Å². The molecule has 0 saturated heterocycles. The van der Waals surface area contributed by atoms with Crippen molar-refractivity contribution in [3.8, 4) is 17.3 Å². The Labute approximate surface area is 325 Å². The van der Waals surface area contributed by atoms with Crippen LogP contribution in [-0.2, 0) is 38.5 Å². The fourth-order valence-corrected chi connectivity index (χ4v) is 8.08. The molecule has 6 rings (SSSR count). The minimum absolute atomic E-state index is 0.181. The van der Waals surface area contributed by atoms with E-state index in [2.05, 4.69) is 26.3 Å². The SMILES string of the molecule is C[C@](O)(CS(=O)(=O)c1ccc(NCCOCCNCc2ccc(-c3[nH]c4cc(F)cc5c4c3CCNC5=O)cc2)cc1)C(=O)Nc1ccc(C#N)c(C(F)(F)F)c1. The highest BCUT2D eigenvalue weighted by atomic mass is 32.2. The van der Waals surface area contributed by atoms with Crippen LogP contribution in [0.4, 0.5) is 28.9 Å². The number of nitriles is 1. The van der Waals surface area contributed by atoms with Crippen molar-refractivity contribution in [2.45, 2.75) is 36.6 Å². The predicted molar refractivity (Wildman–Crippen MR) is 205 cm³/mol. The number of benzene rings is 4. The molecule has 1 aliphatic rings. The number of aromatic amines is 1. The van der Waals surface area contributed by atoms with Gasteiger partial charge in [-0.15, -0.1) is 0 Å². The molecule has 0 saturated carbocycles. The average Bonchev–Trinajstić information content (AvgIpc) is 3.43. The Hall–Kier alpha value is -5.80. The third-order valence-electron chi connectivity index (χ3n) is 9.32. The standard InChI is InChI=1S/C40H38F4N6O6S/c1-39(53,38(52)49-29-7-6-26(21-45)33(20-29)40(42,43)44)23-57(54,55)30-10-8-28(9-11-30)47-15-17-56-16-14-46-22-24-2-4-25(5-3-24)36-31-12-13-48-37(51)32-18-27(41)19-34(50-36)35(31)32/h2-11,18-20,46-47,50,53H,12-17,22-23H2,1H3,(H,48,51)(H,49,52)/t39-/m0/s1. The van der Waals surface area contributed by atoms with Gasteiger partial charge in [0, 0.05) is 54.2 Å². The Bertz CT molecular complexity index is 2440. The summed E-state index contributed by atoms with van der Waals surface area (Å²) < 4.78 is 85.9. The van der Waals surface area contributed by atoms with E-state index in [0.717, 1.165) is 46.8 Å². The van der Waals surface area contributed by atoms with Crippen molar-refractivity contribution in [1.82, 2.24) is 15.6 Å². The molecule has 298 valence electrons. The van der Waals surface area contributed by atoms with Gasteiger partial charge in [0.1, 0.15) is 5.82 Å². The number of ether oxygens (including phenoxy) is 1. The van der Waals surface area contributed by atoms with E-state index in [1.54, 1.807) is 0 Å². The Morgan fingerprint density at radius 1 is 0.982 bits per heavy atom. The van der Waals surface area contributed by atoms with E-state index in [0.29, 0.717) is 68.6 Å². The Morgan fingerprint density at radius 2 is 1.68 bits per heavy atom. The van der Waals surface area contributed by atoms with E-state index in [1.807, 2.05) is 24.3 Å². The van der Waals surface area contributed by atoms with Crippen LogP contribution in [0.1, 0.15) is 39.5 Å². The Balaban J connectivity index is 0.914. The van der Waals surface area contributed by atoms with Crippen LogP contribution >= 0.6 is 0 Å². The molecule has 6 N–H and O–H groups in total. The van der Waals surface area contributed by atoms with Crippen LogP contribution in [0.25, 0.3) is 22.2 Å². The summed E-state index contributed by atoms with van der Waals surface area (Å²) in [5, 5.41) is 31.8. The highest BCUT2D eigenvalue weighted by Crippen LogP contribution is 2.36. The Kier molecular flexibility index (Phi) is 12.0. The molecule has 12 nitrogen and oxygen atoms in total. The maximum atomic E-state index is 14.2. The predicted octanol–water partition coefficient (Wildman–Crippen LogP) is 5.53. The summed E-state index contributed by atoms with van der Waals surface area (Å²) in [6, 6.07) is 20.1. The zero-order valence-corrected chi connectivity index (χ0v) is 31.3. The van der Waals surface area contributed by atoms with Crippen molar-refractivity contribution >= 4 is 43.9 Å². The highest BCUT2D eigenvalue weighted by Gasteiger charge is 2.38. The molecule has 5 aromatic rings. The number of carbonyl (C=O) groups is 2. The molecule has 0 fully saturated rings. The number of nitrogens with zero attached hydrogens (tertiary/aromatic N) is 1. The molecule has 0 bridgehead atoms. The summed E-state index contributed by atoms with van der Waals surface area (Å²) >= 11 is 0. The number of aliphatic hydroxyl groups is 1. The molecule has 0 spiro atoms. The summed E-state index contributed by atoms with van der Waals surface area (Å²) in [5.41, 5.74) is 0.512. The van der Waals surface area contributed by atoms with Gasteiger partial charge in [0.25, 0.3) is 11.8 Å². The third kappa shape index (κ3) is 9.60. The van der Waals surface area contributed by atoms with Crippen LogP contribution in [0.15, 0.2) is 83.8 Å². The number of nitrogens with one attached hydrogen (secondary N) is 5. The number of carbonyl (C=O) groups excluding carboxylic acids is 2. The molecule has 2 heterocycles. The number of H-pyrrole nitrogens is 1. The normalized spacial score (nSPS) is 14.0. The molecule has 4 aromatic carbocycles. The first kappa shape index (κ1) is 40.9. The molecule has 0 unspecified atom stereocenters. The first-order valence-corrected chi connectivity index (χ1v) is 19.4. The van der Waals surface area contributed by atoms with Crippen molar-refractivity contribution in [3.05, 3.63) is 112 Å². The number of sulfone groups is 1. The van der Waals surface area contributed by atoms with Gasteiger partial charge < -0.3 is 36.1 Å². The van der Waals surface area contributed by atoms with Crippen LogP contribution in [0.2, 0.25) is 0 Å². The summed E-state index contributed by atoms with van der Waals surface area (Å²) in [7, 11) is -4.22. The van der Waals surface area contributed by atoms with Gasteiger partial charge in [-0.25, -0.2) is 12.8 Å². The lowest BCUT2D eigenvalue weighted by atomic mass is 9.99. The topological polar surface area (TPSA) is 185 Å². The maximum absolute atomic E-state index is 14.2. The lowest BCUT2D eigenvalue weighted by Gasteiger charge is -2.22. The van der Waals surface area contributed by atoms with Crippen molar-refractivity contribution in [1.29, 1.82) is 5.26 Å². The van der Waals surface area contributed by atoms with E-state index < -0.39 is 50.2 Å². The second-order valence-corrected chi connectivity index (χ2v) is 15.6. The molecule has 0 aliphatic carbocycles. The molecular formula is C40H38F4N6O6S. The van der Waals surface area contributed by atoms with Gasteiger partial charge in [-0.3, -0.25) is 9.59 Å². The monoisotopic (exact) mass is 806 g/mol. The van der Waals surface area contributed by atoms with Gasteiger partial charge in [-0.1, -0.05) is 24.3 Å². The van der Waals surface area contributed by atoms with Crippen molar-refractivity contribution in [3.63, 3.8) is 0 Å². The summed E-state index contributed by atoms with van der Waals surface area (Å²) in [6.07, 6.45) is -4.25. The second kappa shape index (κ2) is 16.7. The minimum Gasteiger partial charge on any atom is -0.383 e. The summed E-state index contributed by atoms with van der Waals surface area (Å²) in [5.74, 6) is -3.05. The first-order valence-electron chi connectivity index (χ1n) is 17.8. The third-order valence-corrected chi connectivity index (χ3v) is 11.3. The summed E-state index contributed by atoms with van der Waals surface area (Å²) in [4.78, 5) is 28.3. The molecule has 1 atom stereocenters. The zero-order chi connectivity index (χ0) is 41.0. The molecule has 1 aromatic heterocycles. The van der Waals surface area contributed by atoms with Crippen LogP contribution in [-0.4, -0.2) is 74.5 Å². The quantitative estimate of drug-likeness (QED) is 0.0585. The van der Waals surface area contributed by atoms with E-state index in [-0.39, 0.29) is 16.5 Å². The van der Waals surface area contributed by atoms with Gasteiger partial charge in [-0.05, 0) is 84.6 Å². The number of rotatable bonds is 15. The lowest BCUT2D eigenvalue weighted by Crippen LogP contribution is -2.45. The fourth-order valence-electron chi connectivity index (χ4n) is 6.49.